The molecule has 0 unspecified atom stereocenters. The molecule has 2 rings (SSSR count). The zero-order chi connectivity index (χ0) is 12.1. The highest BCUT2D eigenvalue weighted by molar-refractivity contribution is 7.98. The van der Waals surface area contributed by atoms with E-state index < -0.39 is 0 Å². The number of aromatic nitrogens is 2. The van der Waals surface area contributed by atoms with E-state index >= 15 is 0 Å². The van der Waals surface area contributed by atoms with Crippen molar-refractivity contribution >= 4 is 28.2 Å². The van der Waals surface area contributed by atoms with Crippen LogP contribution >= 0.6 is 23.1 Å². The highest BCUT2D eigenvalue weighted by atomic mass is 32.2. The van der Waals surface area contributed by atoms with E-state index in [0.717, 1.165) is 20.8 Å². The molecule has 1 aromatic carbocycles. The summed E-state index contributed by atoms with van der Waals surface area (Å²) in [7, 11) is 1.83. The molecule has 0 bridgehead atoms. The molecule has 0 radical (unpaired) electrons. The van der Waals surface area contributed by atoms with E-state index in [4.69, 9.17) is 4.74 Å². The molecule has 0 spiro atoms. The second-order valence-electron chi connectivity index (χ2n) is 3.19. The number of para-hydroxylation sites is 1. The van der Waals surface area contributed by atoms with Gasteiger partial charge in [-0.15, -0.1) is 22.0 Å². The maximum atomic E-state index is 5.73. The molecule has 0 atom stereocenters. The van der Waals surface area contributed by atoms with Gasteiger partial charge in [-0.25, -0.2) is 0 Å². The Balaban J connectivity index is 2.01. The van der Waals surface area contributed by atoms with Crippen molar-refractivity contribution in [2.24, 2.45) is 0 Å². The van der Waals surface area contributed by atoms with E-state index in [-0.39, 0.29) is 0 Å². The minimum Gasteiger partial charge on any atom is -0.485 e. The molecule has 0 aliphatic heterocycles. The Bertz CT molecular complexity index is 487. The minimum absolute atomic E-state index is 0.455. The first kappa shape index (κ1) is 12.2. The lowest BCUT2D eigenvalue weighted by molar-refractivity contribution is 0.297. The van der Waals surface area contributed by atoms with E-state index in [9.17, 15) is 0 Å². The van der Waals surface area contributed by atoms with Crippen molar-refractivity contribution in [1.82, 2.24) is 10.2 Å². The lowest BCUT2D eigenvalue weighted by Gasteiger charge is -2.07. The lowest BCUT2D eigenvalue weighted by atomic mass is 10.3. The summed E-state index contributed by atoms with van der Waals surface area (Å²) in [5.74, 6) is 0.890. The molecule has 0 amide bonds. The number of hydrogen-bond donors (Lipinski definition) is 1. The normalized spacial score (nSPS) is 10.2. The van der Waals surface area contributed by atoms with Crippen LogP contribution in [0, 0.1) is 0 Å². The molecule has 90 valence electrons. The summed E-state index contributed by atoms with van der Waals surface area (Å²) < 4.78 is 5.73. The highest BCUT2D eigenvalue weighted by Crippen LogP contribution is 2.28. The SMILES string of the molecule is CNc1nnc(COc2ccccc2SC)s1. The van der Waals surface area contributed by atoms with Gasteiger partial charge in [0, 0.05) is 11.9 Å². The number of rotatable bonds is 5. The third-order valence-electron chi connectivity index (χ3n) is 2.10. The monoisotopic (exact) mass is 267 g/mol. The second-order valence-corrected chi connectivity index (χ2v) is 5.10. The van der Waals surface area contributed by atoms with Crippen molar-refractivity contribution in [3.05, 3.63) is 29.3 Å². The van der Waals surface area contributed by atoms with Crippen molar-refractivity contribution in [3.8, 4) is 5.75 Å². The van der Waals surface area contributed by atoms with Crippen LogP contribution in [0.2, 0.25) is 0 Å². The minimum atomic E-state index is 0.455. The van der Waals surface area contributed by atoms with Gasteiger partial charge in [0.05, 0.1) is 0 Å². The molecule has 2 aromatic rings. The van der Waals surface area contributed by atoms with Gasteiger partial charge in [-0.3, -0.25) is 0 Å². The molecule has 17 heavy (non-hydrogen) atoms. The van der Waals surface area contributed by atoms with Crippen molar-refractivity contribution < 1.29 is 4.74 Å². The first-order chi connectivity index (χ1) is 8.33. The van der Waals surface area contributed by atoms with Crippen LogP contribution < -0.4 is 10.1 Å². The van der Waals surface area contributed by atoms with Crippen LogP contribution in [-0.2, 0) is 6.61 Å². The molecule has 0 fully saturated rings. The topological polar surface area (TPSA) is 47.0 Å². The highest BCUT2D eigenvalue weighted by Gasteiger charge is 2.05. The third kappa shape index (κ3) is 3.10. The predicted molar refractivity (Wildman–Crippen MR) is 72.0 cm³/mol. The lowest BCUT2D eigenvalue weighted by Crippen LogP contribution is -1.95. The second kappa shape index (κ2) is 5.88. The average molecular weight is 267 g/mol. The molecule has 0 saturated carbocycles. The van der Waals surface area contributed by atoms with Crippen LogP contribution in [0.4, 0.5) is 5.13 Å². The predicted octanol–water partition coefficient (Wildman–Crippen LogP) is 2.88. The van der Waals surface area contributed by atoms with E-state index in [1.54, 1.807) is 11.8 Å². The van der Waals surface area contributed by atoms with Gasteiger partial charge in [-0.05, 0) is 18.4 Å². The molecule has 4 nitrogen and oxygen atoms in total. The standard InChI is InChI=1S/C11H13N3OS2/c1-12-11-14-13-10(17-11)7-15-8-5-3-4-6-9(8)16-2/h3-6H,7H2,1-2H3,(H,12,14). The number of hydrogen-bond acceptors (Lipinski definition) is 6. The molecule has 6 heteroatoms. The Morgan fingerprint density at radius 2 is 2.18 bits per heavy atom. The quantitative estimate of drug-likeness (QED) is 0.844. The van der Waals surface area contributed by atoms with E-state index in [0.29, 0.717) is 6.61 Å². The number of thioether (sulfide) groups is 1. The maximum absolute atomic E-state index is 5.73. The van der Waals surface area contributed by atoms with E-state index in [1.165, 1.54) is 11.3 Å². The van der Waals surface area contributed by atoms with Gasteiger partial charge < -0.3 is 10.1 Å². The summed E-state index contributed by atoms with van der Waals surface area (Å²) in [6.07, 6.45) is 2.03. The Hall–Kier alpha value is -1.27. The third-order valence-corrected chi connectivity index (χ3v) is 3.79. The van der Waals surface area contributed by atoms with Crippen LogP contribution in [0.1, 0.15) is 5.01 Å². The molecule has 1 aromatic heterocycles. The van der Waals surface area contributed by atoms with E-state index in [2.05, 4.69) is 15.5 Å². The van der Waals surface area contributed by atoms with Gasteiger partial charge in [-0.2, -0.15) is 0 Å². The zero-order valence-corrected chi connectivity index (χ0v) is 11.3. The Labute approximate surface area is 108 Å². The number of benzene rings is 1. The van der Waals surface area contributed by atoms with Gasteiger partial charge in [0.15, 0.2) is 5.01 Å². The fourth-order valence-electron chi connectivity index (χ4n) is 1.29. The number of nitrogens with one attached hydrogen (secondary N) is 1. The van der Waals surface area contributed by atoms with Gasteiger partial charge in [0.25, 0.3) is 0 Å². The summed E-state index contributed by atoms with van der Waals surface area (Å²) in [6.45, 7) is 0.455. The van der Waals surface area contributed by atoms with Crippen LogP contribution in [0.5, 0.6) is 5.75 Å². The number of nitrogens with zero attached hydrogens (tertiary/aromatic N) is 2. The van der Waals surface area contributed by atoms with Crippen molar-refractivity contribution in [2.75, 3.05) is 18.6 Å². The van der Waals surface area contributed by atoms with Crippen LogP contribution in [0.25, 0.3) is 0 Å². The molecule has 0 aliphatic rings. The first-order valence-corrected chi connectivity index (χ1v) is 7.13. The Morgan fingerprint density at radius 1 is 1.35 bits per heavy atom. The fraction of sp³-hybridized carbons (Fsp3) is 0.273. The smallest absolute Gasteiger partial charge is 0.205 e. The van der Waals surface area contributed by atoms with E-state index in [1.807, 2.05) is 37.6 Å². The largest absolute Gasteiger partial charge is 0.485 e. The summed E-state index contributed by atoms with van der Waals surface area (Å²) in [4.78, 5) is 1.13. The number of ether oxygens (including phenoxy) is 1. The van der Waals surface area contributed by atoms with Gasteiger partial charge in [0.2, 0.25) is 5.13 Å². The molecule has 0 aliphatic carbocycles. The average Bonchev–Trinajstić information content (AvgIpc) is 2.84. The van der Waals surface area contributed by atoms with Crippen molar-refractivity contribution in [1.29, 1.82) is 0 Å². The maximum Gasteiger partial charge on any atom is 0.205 e. The molecule has 1 N–H and O–H groups in total. The first-order valence-electron chi connectivity index (χ1n) is 5.09. The van der Waals surface area contributed by atoms with Crippen LogP contribution in [0.15, 0.2) is 29.2 Å². The summed E-state index contributed by atoms with van der Waals surface area (Å²) in [5, 5.41) is 12.6. The molecular formula is C11H13N3OS2. The Kier molecular flexibility index (Phi) is 4.22. The van der Waals surface area contributed by atoms with Gasteiger partial charge in [0.1, 0.15) is 12.4 Å². The van der Waals surface area contributed by atoms with Crippen LogP contribution in [0.3, 0.4) is 0 Å². The summed E-state index contributed by atoms with van der Waals surface area (Å²) in [6, 6.07) is 7.97. The number of anilines is 1. The van der Waals surface area contributed by atoms with Gasteiger partial charge >= 0.3 is 0 Å². The van der Waals surface area contributed by atoms with Gasteiger partial charge in [-0.1, -0.05) is 23.5 Å². The molecular weight excluding hydrogens is 254 g/mol. The van der Waals surface area contributed by atoms with Crippen molar-refractivity contribution in [2.45, 2.75) is 11.5 Å². The zero-order valence-electron chi connectivity index (χ0n) is 9.64. The van der Waals surface area contributed by atoms with Crippen LogP contribution in [-0.4, -0.2) is 23.5 Å². The van der Waals surface area contributed by atoms with Crippen molar-refractivity contribution in [3.63, 3.8) is 0 Å². The molecule has 0 saturated heterocycles. The summed E-state index contributed by atoms with van der Waals surface area (Å²) >= 11 is 3.17. The molecule has 1 heterocycles. The Morgan fingerprint density at radius 3 is 2.88 bits per heavy atom. The summed E-state index contributed by atoms with van der Waals surface area (Å²) in [5.41, 5.74) is 0. The fourth-order valence-corrected chi connectivity index (χ4v) is 2.44.